The summed E-state index contributed by atoms with van der Waals surface area (Å²) in [6.45, 7) is 2.24. The lowest BCUT2D eigenvalue weighted by atomic mass is 10.3. The first-order valence-electron chi connectivity index (χ1n) is 6.16. The van der Waals surface area contributed by atoms with Gasteiger partial charge in [-0.2, -0.15) is 0 Å². The van der Waals surface area contributed by atoms with Crippen LogP contribution < -0.4 is 0 Å². The lowest BCUT2D eigenvalue weighted by Gasteiger charge is -2.06. The summed E-state index contributed by atoms with van der Waals surface area (Å²) in [6, 6.07) is 0. The maximum atomic E-state index is 11.1. The van der Waals surface area contributed by atoms with Crippen molar-refractivity contribution in [1.29, 1.82) is 0 Å². The maximum absolute atomic E-state index is 11.1. The van der Waals surface area contributed by atoms with Crippen molar-refractivity contribution in [2.24, 2.45) is 0 Å². The third-order valence-electron chi connectivity index (χ3n) is 1.89. The van der Waals surface area contributed by atoms with E-state index in [9.17, 15) is 19.2 Å². The fourth-order valence-electron chi connectivity index (χ4n) is 0.968. The zero-order chi connectivity index (χ0) is 15.4. The molecule has 0 aliphatic carbocycles. The first-order valence-corrected chi connectivity index (χ1v) is 6.16. The van der Waals surface area contributed by atoms with Gasteiger partial charge in [0.2, 0.25) is 13.6 Å². The molecule has 0 unspecified atom stereocenters. The van der Waals surface area contributed by atoms with Gasteiger partial charge in [-0.15, -0.1) is 0 Å². The van der Waals surface area contributed by atoms with Gasteiger partial charge >= 0.3 is 23.9 Å². The fourth-order valence-corrected chi connectivity index (χ4v) is 0.968. The van der Waals surface area contributed by atoms with Crippen molar-refractivity contribution in [2.45, 2.75) is 39.5 Å². The Hall–Kier alpha value is -2.12. The second kappa shape index (κ2) is 10.8. The molecule has 0 saturated carbocycles. The second-order valence-electron chi connectivity index (χ2n) is 3.63. The van der Waals surface area contributed by atoms with Crippen LogP contribution in [0.15, 0.2) is 0 Å². The molecule has 0 rings (SSSR count). The SMILES string of the molecule is CCCC(=O)OCOC(=O)C(=O)OCOC(=O)CCC. The van der Waals surface area contributed by atoms with Gasteiger partial charge < -0.3 is 18.9 Å². The molecular formula is C12H18O8. The van der Waals surface area contributed by atoms with Crippen LogP contribution >= 0.6 is 0 Å². The molecule has 0 aliphatic rings. The number of ether oxygens (including phenoxy) is 4. The first kappa shape index (κ1) is 17.9. The molecule has 8 heteroatoms. The highest BCUT2D eigenvalue weighted by molar-refractivity contribution is 6.29. The summed E-state index contributed by atoms with van der Waals surface area (Å²) in [5, 5.41) is 0. The Morgan fingerprint density at radius 1 is 0.650 bits per heavy atom. The summed E-state index contributed by atoms with van der Waals surface area (Å²) in [5.41, 5.74) is 0. The van der Waals surface area contributed by atoms with Gasteiger partial charge in [-0.05, 0) is 12.8 Å². The average Bonchev–Trinajstić information content (AvgIpc) is 2.39. The molecule has 0 heterocycles. The Morgan fingerprint density at radius 2 is 1.00 bits per heavy atom. The summed E-state index contributed by atoms with van der Waals surface area (Å²) >= 11 is 0. The van der Waals surface area contributed by atoms with Crippen LogP contribution in [0.25, 0.3) is 0 Å². The maximum Gasteiger partial charge on any atom is 0.420 e. The Labute approximate surface area is 116 Å². The molecule has 0 aliphatic heterocycles. The van der Waals surface area contributed by atoms with Crippen molar-refractivity contribution in [1.82, 2.24) is 0 Å². The monoisotopic (exact) mass is 290 g/mol. The van der Waals surface area contributed by atoms with Crippen LogP contribution in [0.4, 0.5) is 0 Å². The van der Waals surface area contributed by atoms with Crippen molar-refractivity contribution in [3.05, 3.63) is 0 Å². The van der Waals surface area contributed by atoms with Crippen LogP contribution in [0.2, 0.25) is 0 Å². The van der Waals surface area contributed by atoms with E-state index in [1.54, 1.807) is 13.8 Å². The fraction of sp³-hybridized carbons (Fsp3) is 0.667. The van der Waals surface area contributed by atoms with Crippen molar-refractivity contribution in [3.8, 4) is 0 Å². The molecule has 0 bridgehead atoms. The minimum absolute atomic E-state index is 0.190. The largest absolute Gasteiger partial charge is 0.428 e. The lowest BCUT2D eigenvalue weighted by Crippen LogP contribution is -2.24. The molecule has 0 fully saturated rings. The molecule has 0 aromatic heterocycles. The van der Waals surface area contributed by atoms with Crippen molar-refractivity contribution < 1.29 is 38.1 Å². The lowest BCUT2D eigenvalue weighted by molar-refractivity contribution is -0.186. The van der Waals surface area contributed by atoms with Crippen molar-refractivity contribution >= 4 is 23.9 Å². The normalized spacial score (nSPS) is 9.50. The van der Waals surface area contributed by atoms with Crippen LogP contribution in [0.5, 0.6) is 0 Å². The summed E-state index contributed by atoms with van der Waals surface area (Å²) in [5.74, 6) is -3.74. The number of hydrogen-bond donors (Lipinski definition) is 0. The molecule has 114 valence electrons. The van der Waals surface area contributed by atoms with Crippen LogP contribution in [0.1, 0.15) is 39.5 Å². The summed E-state index contributed by atoms with van der Waals surface area (Å²) in [7, 11) is 0. The van der Waals surface area contributed by atoms with E-state index < -0.39 is 37.5 Å². The number of hydrogen-bond acceptors (Lipinski definition) is 8. The van der Waals surface area contributed by atoms with Gasteiger partial charge in [0.1, 0.15) is 0 Å². The van der Waals surface area contributed by atoms with Gasteiger partial charge in [0.05, 0.1) is 0 Å². The Bertz CT molecular complexity index is 315. The first-order chi connectivity index (χ1) is 9.51. The predicted molar refractivity (Wildman–Crippen MR) is 63.9 cm³/mol. The molecule has 0 N–H and O–H groups in total. The highest BCUT2D eigenvalue weighted by Crippen LogP contribution is 1.94. The van der Waals surface area contributed by atoms with Gasteiger partial charge in [0.15, 0.2) is 0 Å². The Balaban J connectivity index is 3.74. The van der Waals surface area contributed by atoms with Gasteiger partial charge in [0.25, 0.3) is 0 Å². The minimum Gasteiger partial charge on any atom is -0.428 e. The smallest absolute Gasteiger partial charge is 0.420 e. The molecule has 8 nitrogen and oxygen atoms in total. The molecule has 0 atom stereocenters. The third-order valence-corrected chi connectivity index (χ3v) is 1.89. The van der Waals surface area contributed by atoms with E-state index >= 15 is 0 Å². The van der Waals surface area contributed by atoms with Gasteiger partial charge in [-0.25, -0.2) is 9.59 Å². The topological polar surface area (TPSA) is 105 Å². The molecule has 0 amide bonds. The quantitative estimate of drug-likeness (QED) is 0.365. The zero-order valence-corrected chi connectivity index (χ0v) is 11.5. The highest BCUT2D eigenvalue weighted by atomic mass is 16.7. The number of carbonyl (C=O) groups is 4. The van der Waals surface area contributed by atoms with E-state index in [1.165, 1.54) is 0 Å². The minimum atomic E-state index is -1.33. The molecule has 20 heavy (non-hydrogen) atoms. The van der Waals surface area contributed by atoms with E-state index in [-0.39, 0.29) is 12.8 Å². The number of esters is 4. The summed E-state index contributed by atoms with van der Waals surface area (Å²) in [4.78, 5) is 43.9. The van der Waals surface area contributed by atoms with Crippen molar-refractivity contribution in [2.75, 3.05) is 13.6 Å². The zero-order valence-electron chi connectivity index (χ0n) is 11.5. The number of rotatable bonds is 8. The molecular weight excluding hydrogens is 272 g/mol. The Kier molecular flexibility index (Phi) is 9.63. The van der Waals surface area contributed by atoms with Gasteiger partial charge in [-0.1, -0.05) is 13.8 Å². The standard InChI is InChI=1S/C12H18O8/c1-3-5-9(13)17-7-19-11(15)12(16)20-8-18-10(14)6-4-2/h3-8H2,1-2H3. The molecule has 0 radical (unpaired) electrons. The molecule has 0 aromatic rings. The second-order valence-corrected chi connectivity index (χ2v) is 3.63. The van der Waals surface area contributed by atoms with Crippen LogP contribution in [0, 0.1) is 0 Å². The van der Waals surface area contributed by atoms with Crippen LogP contribution in [-0.4, -0.2) is 37.5 Å². The van der Waals surface area contributed by atoms with Crippen LogP contribution in [0.3, 0.4) is 0 Å². The van der Waals surface area contributed by atoms with E-state index in [0.717, 1.165) is 0 Å². The van der Waals surface area contributed by atoms with Crippen LogP contribution in [-0.2, 0) is 38.1 Å². The van der Waals surface area contributed by atoms with Gasteiger partial charge in [-0.3, -0.25) is 9.59 Å². The Morgan fingerprint density at radius 3 is 1.30 bits per heavy atom. The van der Waals surface area contributed by atoms with Crippen molar-refractivity contribution in [3.63, 3.8) is 0 Å². The summed E-state index contributed by atoms with van der Waals surface area (Å²) < 4.78 is 17.7. The highest BCUT2D eigenvalue weighted by Gasteiger charge is 2.18. The van der Waals surface area contributed by atoms with Gasteiger partial charge in [0, 0.05) is 12.8 Å². The average molecular weight is 290 g/mol. The molecule has 0 saturated heterocycles. The third kappa shape index (κ3) is 8.90. The molecule has 0 aromatic carbocycles. The summed E-state index contributed by atoms with van der Waals surface area (Å²) in [6.07, 6.45) is 1.57. The van der Waals surface area contributed by atoms with E-state index in [0.29, 0.717) is 12.8 Å². The number of carbonyl (C=O) groups excluding carboxylic acids is 4. The van der Waals surface area contributed by atoms with E-state index in [2.05, 4.69) is 18.9 Å². The van der Waals surface area contributed by atoms with E-state index in [1.807, 2.05) is 0 Å². The molecule has 0 spiro atoms. The van der Waals surface area contributed by atoms with E-state index in [4.69, 9.17) is 0 Å². The predicted octanol–water partition coefficient (Wildman–Crippen LogP) is 0.674.